The van der Waals surface area contributed by atoms with Crippen molar-refractivity contribution in [2.24, 2.45) is 17.2 Å². The largest absolute Gasteiger partial charge is 0.481 e. The summed E-state index contributed by atoms with van der Waals surface area (Å²) >= 11 is 0. The number of aliphatic hydroxyl groups excluding tert-OH is 1. The molecular formula is C18H32N6O9. The fraction of sp³-hybridized carbons (Fsp3) is 0.667. The number of carbonyl (C=O) groups excluding carboxylic acids is 4. The van der Waals surface area contributed by atoms with Crippen molar-refractivity contribution in [1.82, 2.24) is 16.0 Å². The van der Waals surface area contributed by atoms with Gasteiger partial charge in [-0.1, -0.05) is 0 Å². The van der Waals surface area contributed by atoms with Gasteiger partial charge in [-0.2, -0.15) is 0 Å². The van der Waals surface area contributed by atoms with Crippen LogP contribution in [0.1, 0.15) is 38.5 Å². The number of aliphatic hydroxyl groups is 1. The van der Waals surface area contributed by atoms with Gasteiger partial charge in [0, 0.05) is 6.42 Å². The second-order valence-corrected chi connectivity index (χ2v) is 7.20. The lowest BCUT2D eigenvalue weighted by Gasteiger charge is -2.24. The van der Waals surface area contributed by atoms with Gasteiger partial charge in [0.15, 0.2) is 0 Å². The van der Waals surface area contributed by atoms with Crippen LogP contribution in [0.3, 0.4) is 0 Å². The summed E-state index contributed by atoms with van der Waals surface area (Å²) in [4.78, 5) is 70.0. The van der Waals surface area contributed by atoms with Crippen molar-refractivity contribution < 1.29 is 44.1 Å². The van der Waals surface area contributed by atoms with Crippen LogP contribution in [0.2, 0.25) is 0 Å². The van der Waals surface area contributed by atoms with Gasteiger partial charge >= 0.3 is 11.9 Å². The van der Waals surface area contributed by atoms with Gasteiger partial charge in [0.1, 0.15) is 18.1 Å². The van der Waals surface area contributed by atoms with E-state index < -0.39 is 72.8 Å². The molecule has 0 bridgehead atoms. The summed E-state index contributed by atoms with van der Waals surface area (Å²) in [6.07, 6.45) is -0.323. The van der Waals surface area contributed by atoms with Crippen molar-refractivity contribution in [3.63, 3.8) is 0 Å². The number of unbranched alkanes of at least 4 members (excludes halogenated alkanes) is 1. The lowest BCUT2D eigenvalue weighted by Crippen LogP contribution is -2.58. The fourth-order valence-corrected chi connectivity index (χ4v) is 2.60. The second kappa shape index (κ2) is 15.5. The topological polar surface area (TPSA) is 277 Å². The van der Waals surface area contributed by atoms with E-state index in [4.69, 9.17) is 27.4 Å². The number of hydrogen-bond donors (Lipinski definition) is 9. The fourth-order valence-electron chi connectivity index (χ4n) is 2.60. The standard InChI is InChI=1S/C18H32N6O9/c19-6-2-1-3-10(22-15(29)9(20)7-14(27)28)16(30)24-12(8-25)17(31)23-11(18(32)33)4-5-13(21)26/h9-12,25H,1-8,19-20H2,(H2,21,26)(H,22,29)(H,23,31)(H,24,30)(H,27,28)(H,32,33). The Morgan fingerprint density at radius 1 is 0.788 bits per heavy atom. The molecule has 12 N–H and O–H groups in total. The Labute approximate surface area is 189 Å². The second-order valence-electron chi connectivity index (χ2n) is 7.20. The quantitative estimate of drug-likeness (QED) is 0.0905. The molecule has 15 nitrogen and oxygen atoms in total. The van der Waals surface area contributed by atoms with Crippen molar-refractivity contribution in [2.45, 2.75) is 62.7 Å². The van der Waals surface area contributed by atoms with E-state index in [1.165, 1.54) is 0 Å². The van der Waals surface area contributed by atoms with Crippen LogP contribution in [0.4, 0.5) is 0 Å². The van der Waals surface area contributed by atoms with Crippen molar-refractivity contribution in [3.8, 4) is 0 Å². The molecule has 0 aliphatic heterocycles. The number of nitrogens with one attached hydrogen (secondary N) is 3. The molecule has 4 amide bonds. The SMILES string of the molecule is NCCCCC(NC(=O)C(N)CC(=O)O)C(=O)NC(CO)C(=O)NC(CCC(N)=O)C(=O)O. The molecule has 4 unspecified atom stereocenters. The van der Waals surface area contributed by atoms with Crippen LogP contribution >= 0.6 is 0 Å². The van der Waals surface area contributed by atoms with Gasteiger partial charge in [0.25, 0.3) is 0 Å². The molecule has 0 aliphatic rings. The molecular weight excluding hydrogens is 444 g/mol. The van der Waals surface area contributed by atoms with Crippen molar-refractivity contribution in [2.75, 3.05) is 13.2 Å². The molecule has 0 aromatic carbocycles. The van der Waals surface area contributed by atoms with Gasteiger partial charge < -0.3 is 48.5 Å². The minimum atomic E-state index is -1.57. The molecule has 0 radical (unpaired) electrons. The summed E-state index contributed by atoms with van der Waals surface area (Å²) < 4.78 is 0. The number of carboxylic acid groups (broad SMARTS) is 2. The normalized spacial score (nSPS) is 14.3. The molecule has 0 heterocycles. The third-order valence-electron chi connectivity index (χ3n) is 4.42. The Kier molecular flexibility index (Phi) is 13.9. The molecule has 0 aromatic heterocycles. The van der Waals surface area contributed by atoms with Crippen LogP contribution in [-0.4, -0.2) is 88.2 Å². The van der Waals surface area contributed by atoms with Crippen LogP contribution in [0.5, 0.6) is 0 Å². The van der Waals surface area contributed by atoms with Gasteiger partial charge in [0.05, 0.1) is 19.1 Å². The number of carboxylic acids is 2. The predicted molar refractivity (Wildman–Crippen MR) is 112 cm³/mol. The van der Waals surface area contributed by atoms with E-state index in [9.17, 15) is 33.9 Å². The zero-order chi connectivity index (χ0) is 25.6. The summed E-state index contributed by atoms with van der Waals surface area (Å²) in [7, 11) is 0. The Morgan fingerprint density at radius 2 is 1.33 bits per heavy atom. The maximum Gasteiger partial charge on any atom is 0.326 e. The number of hydrogen-bond acceptors (Lipinski definition) is 9. The van der Waals surface area contributed by atoms with E-state index in [1.807, 2.05) is 0 Å². The number of nitrogens with two attached hydrogens (primary N) is 3. The van der Waals surface area contributed by atoms with Crippen LogP contribution in [-0.2, 0) is 28.8 Å². The molecule has 0 aliphatic carbocycles. The third-order valence-corrected chi connectivity index (χ3v) is 4.42. The number of amides is 4. The summed E-state index contributed by atoms with van der Waals surface area (Å²) in [5, 5.41) is 34.0. The number of carbonyl (C=O) groups is 6. The Balaban J connectivity index is 5.25. The van der Waals surface area contributed by atoms with E-state index in [-0.39, 0.29) is 19.3 Å². The highest BCUT2D eigenvalue weighted by atomic mass is 16.4. The Bertz CT molecular complexity index is 718. The average molecular weight is 476 g/mol. The van der Waals surface area contributed by atoms with E-state index >= 15 is 0 Å². The monoisotopic (exact) mass is 476 g/mol. The van der Waals surface area contributed by atoms with E-state index in [0.717, 1.165) is 0 Å². The van der Waals surface area contributed by atoms with Crippen LogP contribution in [0, 0.1) is 0 Å². The third kappa shape index (κ3) is 12.4. The molecule has 0 fully saturated rings. The first-order chi connectivity index (χ1) is 15.4. The molecule has 15 heteroatoms. The molecule has 4 atom stereocenters. The highest BCUT2D eigenvalue weighted by Crippen LogP contribution is 2.04. The van der Waals surface area contributed by atoms with E-state index in [1.54, 1.807) is 0 Å². The van der Waals surface area contributed by atoms with Crippen LogP contribution in [0.25, 0.3) is 0 Å². The summed E-state index contributed by atoms with van der Waals surface area (Å²) in [5.41, 5.74) is 15.9. The van der Waals surface area contributed by atoms with Gasteiger partial charge in [-0.25, -0.2) is 4.79 Å². The van der Waals surface area contributed by atoms with Gasteiger partial charge in [-0.15, -0.1) is 0 Å². The van der Waals surface area contributed by atoms with Crippen LogP contribution in [0.15, 0.2) is 0 Å². The Hall–Kier alpha value is -3.30. The maximum absolute atomic E-state index is 12.6. The predicted octanol–water partition coefficient (Wildman–Crippen LogP) is -4.29. The molecule has 0 rings (SSSR count). The molecule has 0 aromatic rings. The molecule has 188 valence electrons. The molecule has 0 saturated carbocycles. The highest BCUT2D eigenvalue weighted by molar-refractivity contribution is 5.94. The minimum absolute atomic E-state index is 0.0741. The number of primary amides is 1. The smallest absolute Gasteiger partial charge is 0.326 e. The van der Waals surface area contributed by atoms with E-state index in [2.05, 4.69) is 16.0 Å². The van der Waals surface area contributed by atoms with Gasteiger partial charge in [-0.05, 0) is 32.2 Å². The van der Waals surface area contributed by atoms with E-state index in [0.29, 0.717) is 19.4 Å². The highest BCUT2D eigenvalue weighted by Gasteiger charge is 2.30. The lowest BCUT2D eigenvalue weighted by atomic mass is 10.1. The zero-order valence-electron chi connectivity index (χ0n) is 18.0. The van der Waals surface area contributed by atoms with Crippen molar-refractivity contribution >= 4 is 35.6 Å². The molecule has 33 heavy (non-hydrogen) atoms. The molecule has 0 saturated heterocycles. The average Bonchev–Trinajstić information content (AvgIpc) is 2.72. The minimum Gasteiger partial charge on any atom is -0.481 e. The first-order valence-corrected chi connectivity index (χ1v) is 10.1. The van der Waals surface area contributed by atoms with Crippen molar-refractivity contribution in [1.29, 1.82) is 0 Å². The zero-order valence-corrected chi connectivity index (χ0v) is 18.0. The summed E-state index contributed by atoms with van der Waals surface area (Å²) in [6.45, 7) is -0.591. The number of aliphatic carboxylic acids is 2. The molecule has 0 spiro atoms. The number of rotatable bonds is 17. The van der Waals surface area contributed by atoms with Crippen molar-refractivity contribution in [3.05, 3.63) is 0 Å². The first-order valence-electron chi connectivity index (χ1n) is 10.1. The summed E-state index contributed by atoms with van der Waals surface area (Å²) in [6, 6.07) is -5.72. The van der Waals surface area contributed by atoms with Gasteiger partial charge in [-0.3, -0.25) is 24.0 Å². The van der Waals surface area contributed by atoms with Gasteiger partial charge in [0.2, 0.25) is 23.6 Å². The van der Waals surface area contributed by atoms with Crippen LogP contribution < -0.4 is 33.2 Å². The summed E-state index contributed by atoms with van der Waals surface area (Å²) in [5.74, 6) is -6.39. The maximum atomic E-state index is 12.6. The lowest BCUT2D eigenvalue weighted by molar-refractivity contribution is -0.143. The first kappa shape index (κ1) is 29.7. The Morgan fingerprint density at radius 3 is 1.82 bits per heavy atom.